The molecule has 7 nitrogen and oxygen atoms in total. The van der Waals surface area contributed by atoms with Crippen molar-refractivity contribution in [2.24, 2.45) is 0 Å². The van der Waals surface area contributed by atoms with Gasteiger partial charge in [-0.1, -0.05) is 17.7 Å². The number of pyridine rings is 1. The van der Waals surface area contributed by atoms with Crippen LogP contribution in [-0.4, -0.2) is 50.2 Å². The van der Waals surface area contributed by atoms with Crippen molar-refractivity contribution < 1.29 is 32.6 Å². The Morgan fingerprint density at radius 1 is 1.17 bits per heavy atom. The zero-order chi connectivity index (χ0) is 25.7. The zero-order valence-electron chi connectivity index (χ0n) is 19.1. The molecule has 0 aliphatic carbocycles. The fourth-order valence-electron chi connectivity index (χ4n) is 3.55. The first-order valence-electron chi connectivity index (χ1n) is 10.9. The number of halogens is 3. The summed E-state index contributed by atoms with van der Waals surface area (Å²) in [6.07, 6.45) is 3.58. The summed E-state index contributed by atoms with van der Waals surface area (Å²) in [5, 5.41) is 2.47. The van der Waals surface area contributed by atoms with E-state index in [1.807, 2.05) is 0 Å². The number of carbonyl (C=O) groups excluding carboxylic acids is 2. The molecule has 0 saturated carbocycles. The third-order valence-corrected chi connectivity index (χ3v) is 5.56. The number of alkyl halides is 1. The predicted octanol–water partition coefficient (Wildman–Crippen LogP) is 4.92. The highest BCUT2D eigenvalue weighted by atomic mass is 35.5. The molecule has 1 aliphatic rings. The molecule has 1 N–H and O–H groups in total. The molecule has 0 saturated heterocycles. The number of hydrogen-bond acceptors (Lipinski definition) is 6. The Morgan fingerprint density at radius 3 is 2.75 bits per heavy atom. The number of methoxy groups -OCH3 is 1. The molecular weight excluding hydrogens is 494 g/mol. The van der Waals surface area contributed by atoms with Gasteiger partial charge in [0.05, 0.1) is 18.7 Å². The van der Waals surface area contributed by atoms with E-state index in [4.69, 9.17) is 25.8 Å². The number of amides is 1. The Hall–Kier alpha value is -3.98. The van der Waals surface area contributed by atoms with Crippen molar-refractivity contribution in [3.8, 4) is 28.5 Å². The van der Waals surface area contributed by atoms with Crippen LogP contribution in [0.25, 0.3) is 17.3 Å². The van der Waals surface area contributed by atoms with E-state index in [1.165, 1.54) is 43.5 Å². The number of ether oxygens (including phenoxy) is 3. The van der Waals surface area contributed by atoms with Gasteiger partial charge in [-0.05, 0) is 48.5 Å². The fourth-order valence-corrected chi connectivity index (χ4v) is 3.73. The SMILES string of the molecule is COc1cc(C(=O)NCC(=O)c2cc3c(c(-c4ccc(F)c(Cl)c4)n2)OCC=C3)ccc1OCCF. The van der Waals surface area contributed by atoms with Crippen molar-refractivity contribution in [3.05, 3.63) is 76.2 Å². The van der Waals surface area contributed by atoms with Crippen LogP contribution in [0.5, 0.6) is 17.2 Å². The Bertz CT molecular complexity index is 1350. The number of benzene rings is 2. The molecule has 36 heavy (non-hydrogen) atoms. The maximum Gasteiger partial charge on any atom is 0.251 e. The maximum absolute atomic E-state index is 13.7. The molecule has 0 unspecified atom stereocenters. The normalized spacial score (nSPS) is 11.9. The lowest BCUT2D eigenvalue weighted by Gasteiger charge is -2.18. The lowest BCUT2D eigenvalue weighted by molar-refractivity contribution is 0.0902. The van der Waals surface area contributed by atoms with Gasteiger partial charge in [0.25, 0.3) is 5.91 Å². The minimum atomic E-state index is -0.665. The zero-order valence-corrected chi connectivity index (χ0v) is 19.9. The average molecular weight is 515 g/mol. The second kappa shape index (κ2) is 11.2. The summed E-state index contributed by atoms with van der Waals surface area (Å²) in [6, 6.07) is 10.1. The van der Waals surface area contributed by atoms with Crippen LogP contribution in [0.2, 0.25) is 5.02 Å². The molecule has 0 fully saturated rings. The molecule has 2 aromatic carbocycles. The van der Waals surface area contributed by atoms with Crippen molar-refractivity contribution in [1.29, 1.82) is 0 Å². The second-order valence-electron chi connectivity index (χ2n) is 7.63. The molecule has 0 bridgehead atoms. The number of carbonyl (C=O) groups is 2. The average Bonchev–Trinajstić information content (AvgIpc) is 2.91. The number of fused-ring (bicyclic) bond motifs is 1. The lowest BCUT2D eigenvalue weighted by Crippen LogP contribution is -2.30. The molecule has 1 amide bonds. The predicted molar refractivity (Wildman–Crippen MR) is 130 cm³/mol. The largest absolute Gasteiger partial charge is 0.493 e. The van der Waals surface area contributed by atoms with Crippen molar-refractivity contribution in [2.45, 2.75) is 0 Å². The van der Waals surface area contributed by atoms with Crippen molar-refractivity contribution in [2.75, 3.05) is 33.5 Å². The van der Waals surface area contributed by atoms with Crippen molar-refractivity contribution in [3.63, 3.8) is 0 Å². The van der Waals surface area contributed by atoms with E-state index >= 15 is 0 Å². The molecule has 1 aromatic heterocycles. The monoisotopic (exact) mass is 514 g/mol. The van der Waals surface area contributed by atoms with Crippen LogP contribution in [0.15, 0.2) is 48.5 Å². The third-order valence-electron chi connectivity index (χ3n) is 5.27. The van der Waals surface area contributed by atoms with Gasteiger partial charge >= 0.3 is 0 Å². The topological polar surface area (TPSA) is 86.8 Å². The summed E-state index contributed by atoms with van der Waals surface area (Å²) in [5.41, 5.74) is 1.75. The molecule has 1 aliphatic heterocycles. The first kappa shape index (κ1) is 25.1. The van der Waals surface area contributed by atoms with E-state index < -0.39 is 24.2 Å². The van der Waals surface area contributed by atoms with Crippen LogP contribution in [0.1, 0.15) is 26.4 Å². The van der Waals surface area contributed by atoms with Gasteiger partial charge in [-0.3, -0.25) is 9.59 Å². The van der Waals surface area contributed by atoms with E-state index in [0.29, 0.717) is 34.9 Å². The van der Waals surface area contributed by atoms with E-state index in [1.54, 1.807) is 18.2 Å². The van der Waals surface area contributed by atoms with Gasteiger partial charge in [0, 0.05) is 16.7 Å². The van der Waals surface area contributed by atoms with Gasteiger partial charge in [0.1, 0.15) is 37.1 Å². The Balaban J connectivity index is 1.54. The van der Waals surface area contributed by atoms with Crippen LogP contribution in [0.4, 0.5) is 8.78 Å². The highest BCUT2D eigenvalue weighted by molar-refractivity contribution is 6.31. The van der Waals surface area contributed by atoms with Crippen LogP contribution < -0.4 is 19.5 Å². The molecule has 4 rings (SSSR count). The molecular formula is C26H21ClF2N2O5. The van der Waals surface area contributed by atoms with Crippen LogP contribution in [-0.2, 0) is 0 Å². The Kier molecular flexibility index (Phi) is 7.80. The summed E-state index contributed by atoms with van der Waals surface area (Å²) in [6.45, 7) is -0.819. The Morgan fingerprint density at radius 2 is 2.00 bits per heavy atom. The molecule has 0 radical (unpaired) electrons. The minimum absolute atomic E-state index is 0.0880. The fraction of sp³-hybridized carbons (Fsp3) is 0.192. The summed E-state index contributed by atoms with van der Waals surface area (Å²) in [7, 11) is 1.40. The number of hydrogen-bond donors (Lipinski definition) is 1. The molecule has 3 aromatic rings. The highest BCUT2D eigenvalue weighted by Crippen LogP contribution is 2.36. The number of Topliss-reactive ketones (excluding diaryl/α,β-unsaturated/α-hetero) is 1. The summed E-state index contributed by atoms with van der Waals surface area (Å²) in [5.74, 6) is -0.552. The standard InChI is InChI=1S/C26H21ClF2N2O5/c1-34-23-13-17(5-7-22(23)35-10-8-28)26(33)30-14-21(32)20-12-16-3-2-9-36-25(16)24(31-20)15-4-6-19(29)18(27)11-15/h2-7,11-13H,8-10,14H2,1H3,(H,30,33). The smallest absolute Gasteiger partial charge is 0.251 e. The summed E-state index contributed by atoms with van der Waals surface area (Å²) < 4.78 is 42.2. The third kappa shape index (κ3) is 5.46. The number of nitrogens with zero attached hydrogens (tertiary/aromatic N) is 1. The molecule has 0 spiro atoms. The van der Waals surface area contributed by atoms with E-state index in [9.17, 15) is 18.4 Å². The van der Waals surface area contributed by atoms with Gasteiger partial charge in [0.15, 0.2) is 23.0 Å². The molecule has 186 valence electrons. The second-order valence-corrected chi connectivity index (χ2v) is 8.03. The van der Waals surface area contributed by atoms with Gasteiger partial charge in [-0.2, -0.15) is 0 Å². The van der Waals surface area contributed by atoms with E-state index in [2.05, 4.69) is 10.3 Å². The molecule has 0 atom stereocenters. The van der Waals surface area contributed by atoms with Crippen LogP contribution >= 0.6 is 11.6 Å². The van der Waals surface area contributed by atoms with Crippen molar-refractivity contribution >= 4 is 29.4 Å². The molecule has 2 heterocycles. The van der Waals surface area contributed by atoms with Crippen LogP contribution in [0.3, 0.4) is 0 Å². The number of nitrogens with one attached hydrogen (secondary N) is 1. The lowest BCUT2D eigenvalue weighted by atomic mass is 10.0. The first-order valence-corrected chi connectivity index (χ1v) is 11.3. The Labute approximate surface area is 210 Å². The number of ketones is 1. The van der Waals surface area contributed by atoms with Crippen molar-refractivity contribution in [1.82, 2.24) is 10.3 Å². The molecule has 10 heteroatoms. The first-order chi connectivity index (χ1) is 17.4. The van der Waals surface area contributed by atoms with E-state index in [0.717, 1.165) is 0 Å². The minimum Gasteiger partial charge on any atom is -0.493 e. The summed E-state index contributed by atoms with van der Waals surface area (Å²) in [4.78, 5) is 30.0. The van der Waals surface area contributed by atoms with Gasteiger partial charge in [0.2, 0.25) is 0 Å². The van der Waals surface area contributed by atoms with Gasteiger partial charge in [-0.25, -0.2) is 13.8 Å². The number of rotatable bonds is 9. The van der Waals surface area contributed by atoms with E-state index in [-0.39, 0.29) is 35.2 Å². The van der Waals surface area contributed by atoms with Gasteiger partial charge < -0.3 is 19.5 Å². The summed E-state index contributed by atoms with van der Waals surface area (Å²) >= 11 is 5.94. The van der Waals surface area contributed by atoms with Crippen LogP contribution in [0, 0.1) is 5.82 Å². The van der Waals surface area contributed by atoms with Gasteiger partial charge in [-0.15, -0.1) is 0 Å². The number of aromatic nitrogens is 1. The highest BCUT2D eigenvalue weighted by Gasteiger charge is 2.21. The maximum atomic E-state index is 13.7. The quantitative estimate of drug-likeness (QED) is 0.408.